The van der Waals surface area contributed by atoms with E-state index in [0.29, 0.717) is 12.3 Å². The first-order valence-electron chi connectivity index (χ1n) is 6.47. The molecule has 2 aromatic rings. The van der Waals surface area contributed by atoms with Crippen LogP contribution in [0.15, 0.2) is 42.5 Å². The fraction of sp³-hybridized carbons (Fsp3) is 0.250. The number of hydrogen-bond acceptors (Lipinski definition) is 3. The molecule has 0 spiro atoms. The average Bonchev–Trinajstić information content (AvgIpc) is 2.85. The second-order valence-corrected chi connectivity index (χ2v) is 4.77. The highest BCUT2D eigenvalue weighted by Gasteiger charge is 2.19. The van der Waals surface area contributed by atoms with Crippen LogP contribution in [0.25, 0.3) is 0 Å². The first kappa shape index (κ1) is 11.9. The summed E-state index contributed by atoms with van der Waals surface area (Å²) in [4.78, 5) is 2.30. The van der Waals surface area contributed by atoms with E-state index >= 15 is 0 Å². The maximum absolute atomic E-state index is 10.1. The van der Waals surface area contributed by atoms with Gasteiger partial charge in [-0.2, -0.15) is 0 Å². The third kappa shape index (κ3) is 2.12. The number of hydrogen-bond donors (Lipinski definition) is 1. The number of rotatable bonds is 3. The molecule has 19 heavy (non-hydrogen) atoms. The summed E-state index contributed by atoms with van der Waals surface area (Å²) in [6.07, 6.45) is 1.07. The molecule has 1 aliphatic rings. The minimum Gasteiger partial charge on any atom is -0.504 e. The Bertz CT molecular complexity index is 595. The van der Waals surface area contributed by atoms with Gasteiger partial charge >= 0.3 is 0 Å². The summed E-state index contributed by atoms with van der Waals surface area (Å²) >= 11 is 0. The predicted molar refractivity (Wildman–Crippen MR) is 75.9 cm³/mol. The Morgan fingerprint density at radius 3 is 2.84 bits per heavy atom. The molecule has 3 heteroatoms. The summed E-state index contributed by atoms with van der Waals surface area (Å²) in [5.74, 6) is 0.777. The van der Waals surface area contributed by atoms with Crippen LogP contribution in [0.5, 0.6) is 11.5 Å². The number of aromatic hydroxyl groups is 1. The van der Waals surface area contributed by atoms with Crippen molar-refractivity contribution in [1.29, 1.82) is 0 Å². The first-order chi connectivity index (χ1) is 9.29. The number of methoxy groups -OCH3 is 1. The van der Waals surface area contributed by atoms with Crippen molar-refractivity contribution in [2.24, 2.45) is 0 Å². The van der Waals surface area contributed by atoms with Crippen molar-refractivity contribution in [3.63, 3.8) is 0 Å². The third-order valence-electron chi connectivity index (χ3n) is 3.65. The molecule has 0 fully saturated rings. The van der Waals surface area contributed by atoms with Crippen molar-refractivity contribution in [3.05, 3.63) is 53.6 Å². The lowest BCUT2D eigenvalue weighted by Crippen LogP contribution is -2.19. The van der Waals surface area contributed by atoms with E-state index in [4.69, 9.17) is 4.74 Å². The van der Waals surface area contributed by atoms with Gasteiger partial charge in [-0.1, -0.05) is 30.3 Å². The molecule has 3 nitrogen and oxygen atoms in total. The zero-order chi connectivity index (χ0) is 13.2. The largest absolute Gasteiger partial charge is 0.504 e. The van der Waals surface area contributed by atoms with E-state index in [1.54, 1.807) is 13.2 Å². The van der Waals surface area contributed by atoms with Gasteiger partial charge < -0.3 is 14.7 Å². The van der Waals surface area contributed by atoms with Crippen LogP contribution in [0.3, 0.4) is 0 Å². The second kappa shape index (κ2) is 4.84. The molecule has 0 radical (unpaired) electrons. The molecule has 0 amide bonds. The van der Waals surface area contributed by atoms with E-state index in [0.717, 1.165) is 18.5 Å². The molecule has 0 atom stereocenters. The van der Waals surface area contributed by atoms with Gasteiger partial charge in [0.1, 0.15) is 0 Å². The molecule has 0 unspecified atom stereocenters. The van der Waals surface area contributed by atoms with Crippen LogP contribution in [0.2, 0.25) is 0 Å². The Hall–Kier alpha value is -2.16. The standard InChI is InChI=1S/C16H17NO2/c1-19-15-8-4-6-13(16(15)18)11-17-10-9-12-5-2-3-7-14(12)17/h2-8,18H,9-11H2,1H3. The maximum atomic E-state index is 10.1. The van der Waals surface area contributed by atoms with Gasteiger partial charge in [0, 0.05) is 24.3 Å². The fourth-order valence-electron chi connectivity index (χ4n) is 2.64. The van der Waals surface area contributed by atoms with Crippen LogP contribution in [-0.2, 0) is 13.0 Å². The smallest absolute Gasteiger partial charge is 0.162 e. The highest BCUT2D eigenvalue weighted by molar-refractivity contribution is 5.59. The molecular formula is C16H17NO2. The lowest BCUT2D eigenvalue weighted by Gasteiger charge is -2.20. The van der Waals surface area contributed by atoms with Crippen LogP contribution in [0, 0.1) is 0 Å². The van der Waals surface area contributed by atoms with E-state index in [1.807, 2.05) is 12.1 Å². The van der Waals surface area contributed by atoms with E-state index in [2.05, 4.69) is 29.2 Å². The molecule has 0 bridgehead atoms. The van der Waals surface area contributed by atoms with E-state index < -0.39 is 0 Å². The Kier molecular flexibility index (Phi) is 3.03. The zero-order valence-corrected chi connectivity index (χ0v) is 11.0. The molecule has 0 saturated carbocycles. The topological polar surface area (TPSA) is 32.7 Å². The van der Waals surface area contributed by atoms with Crippen molar-refractivity contribution in [2.45, 2.75) is 13.0 Å². The van der Waals surface area contributed by atoms with Crippen LogP contribution in [-0.4, -0.2) is 18.8 Å². The number of nitrogens with zero attached hydrogens (tertiary/aromatic N) is 1. The number of fused-ring (bicyclic) bond motifs is 1. The summed E-state index contributed by atoms with van der Waals surface area (Å²) in [5, 5.41) is 10.1. The maximum Gasteiger partial charge on any atom is 0.162 e. The molecule has 98 valence electrons. The van der Waals surface area contributed by atoms with Crippen molar-refractivity contribution >= 4 is 5.69 Å². The van der Waals surface area contributed by atoms with E-state index in [1.165, 1.54) is 11.3 Å². The van der Waals surface area contributed by atoms with Crippen molar-refractivity contribution in [2.75, 3.05) is 18.6 Å². The number of benzene rings is 2. The van der Waals surface area contributed by atoms with Gasteiger partial charge in [0.2, 0.25) is 0 Å². The number of ether oxygens (including phenoxy) is 1. The Morgan fingerprint density at radius 1 is 1.16 bits per heavy atom. The minimum atomic E-state index is 0.245. The lowest BCUT2D eigenvalue weighted by atomic mass is 10.1. The summed E-state index contributed by atoms with van der Waals surface area (Å²) in [6, 6.07) is 14.1. The second-order valence-electron chi connectivity index (χ2n) is 4.77. The number of phenolic OH excluding ortho intramolecular Hbond substituents is 1. The van der Waals surface area contributed by atoms with E-state index in [-0.39, 0.29) is 5.75 Å². The van der Waals surface area contributed by atoms with Crippen molar-refractivity contribution in [3.8, 4) is 11.5 Å². The quantitative estimate of drug-likeness (QED) is 0.915. The van der Waals surface area contributed by atoms with Crippen molar-refractivity contribution < 1.29 is 9.84 Å². The summed E-state index contributed by atoms with van der Waals surface area (Å²) in [5.41, 5.74) is 3.55. The molecule has 2 aromatic carbocycles. The van der Waals surface area contributed by atoms with Gasteiger partial charge in [0.25, 0.3) is 0 Å². The van der Waals surface area contributed by atoms with E-state index in [9.17, 15) is 5.11 Å². The van der Waals surface area contributed by atoms with Gasteiger partial charge in [-0.3, -0.25) is 0 Å². The normalized spacial score (nSPS) is 13.4. The summed E-state index contributed by atoms with van der Waals surface area (Å²) < 4.78 is 5.15. The average molecular weight is 255 g/mol. The SMILES string of the molecule is COc1cccc(CN2CCc3ccccc32)c1O. The minimum absolute atomic E-state index is 0.245. The zero-order valence-electron chi connectivity index (χ0n) is 11.0. The lowest BCUT2D eigenvalue weighted by molar-refractivity contribution is 0.370. The van der Waals surface area contributed by atoms with Gasteiger partial charge in [0.15, 0.2) is 11.5 Å². The summed E-state index contributed by atoms with van der Waals surface area (Å²) in [6.45, 7) is 1.70. The fourth-order valence-corrected chi connectivity index (χ4v) is 2.64. The predicted octanol–water partition coefficient (Wildman–Crippen LogP) is 2.96. The summed E-state index contributed by atoms with van der Waals surface area (Å²) in [7, 11) is 1.57. The number of anilines is 1. The molecular weight excluding hydrogens is 238 g/mol. The number of para-hydroxylation sites is 2. The Morgan fingerprint density at radius 2 is 2.00 bits per heavy atom. The Balaban J connectivity index is 1.87. The van der Waals surface area contributed by atoms with Gasteiger partial charge in [-0.05, 0) is 24.1 Å². The van der Waals surface area contributed by atoms with Crippen LogP contribution < -0.4 is 9.64 Å². The van der Waals surface area contributed by atoms with Crippen LogP contribution in [0.4, 0.5) is 5.69 Å². The highest BCUT2D eigenvalue weighted by atomic mass is 16.5. The molecule has 0 aliphatic carbocycles. The van der Waals surface area contributed by atoms with Crippen molar-refractivity contribution in [1.82, 2.24) is 0 Å². The molecule has 1 heterocycles. The first-order valence-corrected chi connectivity index (χ1v) is 6.47. The Labute approximate surface area is 113 Å². The van der Waals surface area contributed by atoms with Gasteiger partial charge in [0.05, 0.1) is 7.11 Å². The molecule has 0 aromatic heterocycles. The number of phenols is 1. The third-order valence-corrected chi connectivity index (χ3v) is 3.65. The van der Waals surface area contributed by atoms with Crippen LogP contribution in [0.1, 0.15) is 11.1 Å². The van der Waals surface area contributed by atoms with Crippen LogP contribution >= 0.6 is 0 Å². The molecule has 3 rings (SSSR count). The molecule has 0 saturated heterocycles. The monoisotopic (exact) mass is 255 g/mol. The van der Waals surface area contributed by atoms with Gasteiger partial charge in [-0.25, -0.2) is 0 Å². The molecule has 1 N–H and O–H groups in total. The highest BCUT2D eigenvalue weighted by Crippen LogP contribution is 2.34. The molecule has 1 aliphatic heterocycles. The van der Waals surface area contributed by atoms with Gasteiger partial charge in [-0.15, -0.1) is 0 Å².